The number of nitrogens with zero attached hydrogens (tertiary/aromatic N) is 6. The molecule has 200 valence electrons. The molecule has 1 aliphatic heterocycles. The summed E-state index contributed by atoms with van der Waals surface area (Å²) >= 11 is 0. The van der Waals surface area contributed by atoms with Crippen molar-refractivity contribution in [3.05, 3.63) is 48.4 Å². The summed E-state index contributed by atoms with van der Waals surface area (Å²) in [7, 11) is -2.04. The molecule has 3 aromatic heterocycles. The highest BCUT2D eigenvalue weighted by Crippen LogP contribution is 2.33. The van der Waals surface area contributed by atoms with Gasteiger partial charge in [0.15, 0.2) is 5.82 Å². The van der Waals surface area contributed by atoms with E-state index in [0.717, 1.165) is 6.26 Å². The van der Waals surface area contributed by atoms with E-state index in [9.17, 15) is 17.2 Å². The van der Waals surface area contributed by atoms with Crippen molar-refractivity contribution in [1.29, 1.82) is 0 Å². The molecule has 1 fully saturated rings. The predicted molar refractivity (Wildman–Crippen MR) is 137 cm³/mol. The molecular formula is C23H24F2N8O4S. The summed E-state index contributed by atoms with van der Waals surface area (Å²) in [5.41, 5.74) is 1.12. The molecule has 0 atom stereocenters. The average molecular weight is 547 g/mol. The van der Waals surface area contributed by atoms with Gasteiger partial charge in [0.2, 0.25) is 16.0 Å². The van der Waals surface area contributed by atoms with E-state index in [1.165, 1.54) is 23.9 Å². The number of hydrogen-bond acceptors (Lipinski definition) is 10. The van der Waals surface area contributed by atoms with E-state index in [-0.39, 0.29) is 17.3 Å². The Bertz CT molecular complexity index is 1560. The molecule has 0 amide bonds. The van der Waals surface area contributed by atoms with Crippen molar-refractivity contribution in [3.63, 3.8) is 0 Å². The first kappa shape index (κ1) is 25.5. The molecule has 4 heterocycles. The number of imidazole rings is 1. The molecule has 1 saturated heterocycles. The maximum atomic E-state index is 14.2. The van der Waals surface area contributed by atoms with Crippen molar-refractivity contribution in [2.75, 3.05) is 54.6 Å². The minimum Gasteiger partial charge on any atom is -0.494 e. The molecule has 1 aliphatic rings. The summed E-state index contributed by atoms with van der Waals surface area (Å²) in [5.74, 6) is 0.787. The van der Waals surface area contributed by atoms with Crippen LogP contribution in [0.2, 0.25) is 0 Å². The summed E-state index contributed by atoms with van der Waals surface area (Å²) in [6.07, 6.45) is -0.455. The summed E-state index contributed by atoms with van der Waals surface area (Å²) in [6, 6.07) is 9.75. The summed E-state index contributed by atoms with van der Waals surface area (Å²) in [4.78, 5) is 19.3. The molecule has 1 aromatic carbocycles. The van der Waals surface area contributed by atoms with Crippen LogP contribution in [0.4, 0.5) is 31.9 Å². The number of hydrogen-bond donors (Lipinski definition) is 2. The molecule has 15 heteroatoms. The second kappa shape index (κ2) is 10.3. The standard InChI is InChI=1S/C23H24F2N8O4S/c1-36-16-5-3-4-15-20(16)30-22(21(24)25)33(15)23-28-18(12-19(29-23)32-8-10-37-11-9-32)27-14-6-7-17(26-13-14)31-38(2,34)35/h3-7,12-13,21H,8-11H2,1-2H3,(H,26,31)(H,27,28,29). The lowest BCUT2D eigenvalue weighted by molar-refractivity contribution is 0.122. The molecule has 0 radical (unpaired) electrons. The largest absolute Gasteiger partial charge is 0.494 e. The fourth-order valence-electron chi connectivity index (χ4n) is 4.02. The normalized spacial score (nSPS) is 14.2. The molecular weight excluding hydrogens is 522 g/mol. The first-order valence-electron chi connectivity index (χ1n) is 11.5. The number of halogens is 2. The van der Waals surface area contributed by atoms with Gasteiger partial charge in [-0.05, 0) is 24.3 Å². The Hall–Kier alpha value is -4.11. The van der Waals surface area contributed by atoms with Crippen LogP contribution >= 0.6 is 0 Å². The minimum absolute atomic E-state index is 0.00846. The van der Waals surface area contributed by atoms with Crippen LogP contribution in [0.1, 0.15) is 12.2 Å². The number of nitrogens with one attached hydrogen (secondary N) is 2. The van der Waals surface area contributed by atoms with Crippen molar-refractivity contribution in [2.24, 2.45) is 0 Å². The summed E-state index contributed by atoms with van der Waals surface area (Å²) in [5, 5.41) is 3.10. The Morgan fingerprint density at radius 1 is 1.08 bits per heavy atom. The number of para-hydroxylation sites is 1. The number of alkyl halides is 2. The highest BCUT2D eigenvalue weighted by molar-refractivity contribution is 7.92. The number of anilines is 4. The molecule has 0 unspecified atom stereocenters. The lowest BCUT2D eigenvalue weighted by Crippen LogP contribution is -2.37. The Morgan fingerprint density at radius 3 is 2.53 bits per heavy atom. The zero-order chi connectivity index (χ0) is 26.9. The number of pyridine rings is 1. The maximum Gasteiger partial charge on any atom is 0.296 e. The van der Waals surface area contributed by atoms with Crippen LogP contribution < -0.4 is 19.7 Å². The average Bonchev–Trinajstić information content (AvgIpc) is 3.30. The molecule has 4 aromatic rings. The first-order valence-corrected chi connectivity index (χ1v) is 13.4. The van der Waals surface area contributed by atoms with E-state index >= 15 is 0 Å². The van der Waals surface area contributed by atoms with E-state index < -0.39 is 22.3 Å². The Balaban J connectivity index is 1.60. The third-order valence-electron chi connectivity index (χ3n) is 5.65. The third kappa shape index (κ3) is 5.43. The second-order valence-corrected chi connectivity index (χ2v) is 10.1. The number of aromatic nitrogens is 5. The molecule has 38 heavy (non-hydrogen) atoms. The van der Waals surface area contributed by atoms with Crippen LogP contribution in [0.15, 0.2) is 42.6 Å². The number of methoxy groups -OCH3 is 1. The van der Waals surface area contributed by atoms with Gasteiger partial charge in [-0.2, -0.15) is 9.97 Å². The predicted octanol–water partition coefficient (Wildman–Crippen LogP) is 3.11. The smallest absolute Gasteiger partial charge is 0.296 e. The van der Waals surface area contributed by atoms with Gasteiger partial charge in [0, 0.05) is 19.2 Å². The minimum atomic E-state index is -3.48. The third-order valence-corrected chi connectivity index (χ3v) is 6.23. The summed E-state index contributed by atoms with van der Waals surface area (Å²) in [6.45, 7) is 2.11. The number of benzene rings is 1. The van der Waals surface area contributed by atoms with Gasteiger partial charge < -0.3 is 19.7 Å². The van der Waals surface area contributed by atoms with E-state index in [1.807, 2.05) is 4.90 Å². The van der Waals surface area contributed by atoms with E-state index in [2.05, 4.69) is 30.0 Å². The highest BCUT2D eigenvalue weighted by Gasteiger charge is 2.25. The summed E-state index contributed by atoms with van der Waals surface area (Å²) < 4.78 is 65.5. The lowest BCUT2D eigenvalue weighted by Gasteiger charge is -2.28. The molecule has 5 rings (SSSR count). The van der Waals surface area contributed by atoms with Gasteiger partial charge in [-0.25, -0.2) is 27.2 Å². The number of morpholine rings is 1. The Morgan fingerprint density at radius 2 is 1.87 bits per heavy atom. The molecule has 0 aliphatic carbocycles. The second-order valence-electron chi connectivity index (χ2n) is 8.38. The van der Waals surface area contributed by atoms with Crippen LogP contribution in [0.25, 0.3) is 17.0 Å². The van der Waals surface area contributed by atoms with Crippen molar-refractivity contribution >= 4 is 44.2 Å². The lowest BCUT2D eigenvalue weighted by atomic mass is 10.3. The highest BCUT2D eigenvalue weighted by atomic mass is 32.2. The van der Waals surface area contributed by atoms with Crippen LogP contribution in [0.3, 0.4) is 0 Å². The van der Waals surface area contributed by atoms with E-state index in [1.54, 1.807) is 30.3 Å². The van der Waals surface area contributed by atoms with Crippen molar-refractivity contribution in [1.82, 2.24) is 24.5 Å². The van der Waals surface area contributed by atoms with Crippen LogP contribution in [0, 0.1) is 0 Å². The van der Waals surface area contributed by atoms with Gasteiger partial charge >= 0.3 is 0 Å². The fourth-order valence-corrected chi connectivity index (χ4v) is 4.52. The van der Waals surface area contributed by atoms with Crippen molar-refractivity contribution in [3.8, 4) is 11.7 Å². The number of ether oxygens (including phenoxy) is 2. The zero-order valence-corrected chi connectivity index (χ0v) is 21.2. The Labute approximate surface area is 216 Å². The Kier molecular flexibility index (Phi) is 6.94. The first-order chi connectivity index (χ1) is 18.2. The van der Waals surface area contributed by atoms with E-state index in [0.29, 0.717) is 54.9 Å². The van der Waals surface area contributed by atoms with Crippen LogP contribution in [0.5, 0.6) is 5.75 Å². The van der Waals surface area contributed by atoms with Crippen LogP contribution in [-0.4, -0.2) is 72.6 Å². The van der Waals surface area contributed by atoms with Crippen LogP contribution in [-0.2, 0) is 14.8 Å². The van der Waals surface area contributed by atoms with E-state index in [4.69, 9.17) is 9.47 Å². The quantitative estimate of drug-likeness (QED) is 0.339. The molecule has 0 spiro atoms. The van der Waals surface area contributed by atoms with Gasteiger partial charge in [0.1, 0.15) is 28.7 Å². The number of sulfonamides is 1. The molecule has 2 N–H and O–H groups in total. The van der Waals surface area contributed by atoms with Gasteiger partial charge in [-0.15, -0.1) is 0 Å². The van der Waals surface area contributed by atoms with Gasteiger partial charge in [0.05, 0.1) is 44.0 Å². The topological polar surface area (TPSA) is 136 Å². The number of fused-ring (bicyclic) bond motifs is 1. The fraction of sp³-hybridized carbons (Fsp3) is 0.304. The zero-order valence-electron chi connectivity index (χ0n) is 20.4. The van der Waals surface area contributed by atoms with Crippen molar-refractivity contribution in [2.45, 2.75) is 6.43 Å². The molecule has 0 saturated carbocycles. The van der Waals surface area contributed by atoms with Gasteiger partial charge in [0.25, 0.3) is 6.43 Å². The number of rotatable bonds is 8. The monoisotopic (exact) mass is 546 g/mol. The molecule has 0 bridgehead atoms. The SMILES string of the molecule is COc1cccc2c1nc(C(F)F)n2-c1nc(Nc2ccc(NS(C)(=O)=O)nc2)cc(N2CCOCC2)n1. The van der Waals surface area contributed by atoms with Gasteiger partial charge in [-0.1, -0.05) is 6.07 Å². The van der Waals surface area contributed by atoms with Gasteiger partial charge in [-0.3, -0.25) is 9.29 Å². The van der Waals surface area contributed by atoms with Crippen molar-refractivity contribution < 1.29 is 26.7 Å². The molecule has 12 nitrogen and oxygen atoms in total. The maximum absolute atomic E-state index is 14.2.